The Bertz CT molecular complexity index is 568. The normalized spacial score (nSPS) is 16.8. The molecule has 0 bridgehead atoms. The number of nitrogens with zero attached hydrogens (tertiary/aromatic N) is 1. The molecule has 1 aliphatic rings. The van der Waals surface area contributed by atoms with Crippen molar-refractivity contribution in [2.45, 2.75) is 38.1 Å². The number of carbonyl (C=O) groups is 1. The van der Waals surface area contributed by atoms with Crippen molar-refractivity contribution in [1.82, 2.24) is 4.90 Å². The molecule has 0 saturated carbocycles. The Hall–Kier alpha value is -1.66. The molecule has 1 atom stereocenters. The van der Waals surface area contributed by atoms with E-state index in [-0.39, 0.29) is 24.4 Å². The zero-order valence-corrected chi connectivity index (χ0v) is 16.1. The van der Waals surface area contributed by atoms with Gasteiger partial charge < -0.3 is 24.8 Å². The third kappa shape index (κ3) is 4.92. The molecule has 0 aliphatic carbocycles. The molecule has 1 heterocycles. The summed E-state index contributed by atoms with van der Waals surface area (Å²) in [6.07, 6.45) is 4.23. The highest BCUT2D eigenvalue weighted by Crippen LogP contribution is 2.40. The van der Waals surface area contributed by atoms with Crippen LogP contribution in [0.25, 0.3) is 0 Å². The summed E-state index contributed by atoms with van der Waals surface area (Å²) in [4.78, 5) is 14.5. The van der Waals surface area contributed by atoms with Crippen molar-refractivity contribution in [3.8, 4) is 17.2 Å². The van der Waals surface area contributed by atoms with Crippen LogP contribution < -0.4 is 19.9 Å². The van der Waals surface area contributed by atoms with Gasteiger partial charge >= 0.3 is 0 Å². The summed E-state index contributed by atoms with van der Waals surface area (Å²) in [7, 11) is 4.76. The molecule has 6 nitrogen and oxygen atoms in total. The molecule has 1 aliphatic heterocycles. The third-order valence-electron chi connectivity index (χ3n) is 4.61. The van der Waals surface area contributed by atoms with E-state index in [0.717, 1.165) is 31.4 Å². The number of aryl methyl sites for hydroxylation is 1. The van der Waals surface area contributed by atoms with Gasteiger partial charge in [0.05, 0.1) is 21.3 Å². The van der Waals surface area contributed by atoms with Crippen LogP contribution >= 0.6 is 12.4 Å². The fraction of sp³-hybridized carbons (Fsp3) is 0.611. The van der Waals surface area contributed by atoms with Gasteiger partial charge in [0, 0.05) is 25.6 Å². The van der Waals surface area contributed by atoms with E-state index < -0.39 is 0 Å². The van der Waals surface area contributed by atoms with Gasteiger partial charge in [0.1, 0.15) is 0 Å². The molecule has 1 fully saturated rings. The molecule has 7 heteroatoms. The lowest BCUT2D eigenvalue weighted by Gasteiger charge is -2.35. The molecular formula is C18H29ClN2O4. The number of likely N-dealkylation sites (tertiary alicyclic amines) is 1. The summed E-state index contributed by atoms with van der Waals surface area (Å²) < 4.78 is 16.2. The van der Waals surface area contributed by atoms with Crippen molar-refractivity contribution in [3.05, 3.63) is 17.7 Å². The number of halogens is 1. The summed E-state index contributed by atoms with van der Waals surface area (Å²) in [5.74, 6) is 1.95. The quantitative estimate of drug-likeness (QED) is 0.795. The molecule has 142 valence electrons. The van der Waals surface area contributed by atoms with E-state index in [0.29, 0.717) is 36.6 Å². The Labute approximate surface area is 156 Å². The minimum absolute atomic E-state index is 0. The maximum absolute atomic E-state index is 12.6. The first-order chi connectivity index (χ1) is 11.7. The van der Waals surface area contributed by atoms with Crippen molar-refractivity contribution in [2.75, 3.05) is 34.4 Å². The monoisotopic (exact) mass is 372 g/mol. The van der Waals surface area contributed by atoms with Crippen LogP contribution in [0.4, 0.5) is 0 Å². The zero-order chi connectivity index (χ0) is 17.5. The van der Waals surface area contributed by atoms with Crippen LogP contribution in [-0.4, -0.2) is 51.3 Å². The number of carbonyl (C=O) groups excluding carboxylic acids is 1. The van der Waals surface area contributed by atoms with Crippen molar-refractivity contribution in [3.63, 3.8) is 0 Å². The lowest BCUT2D eigenvalue weighted by atomic mass is 10.0. The van der Waals surface area contributed by atoms with Crippen LogP contribution in [0.5, 0.6) is 17.2 Å². The minimum Gasteiger partial charge on any atom is -0.493 e. The van der Waals surface area contributed by atoms with E-state index >= 15 is 0 Å². The second-order valence-electron chi connectivity index (χ2n) is 5.97. The number of nitrogens with two attached hydrogens (primary N) is 1. The Kier molecular flexibility index (Phi) is 8.86. The van der Waals surface area contributed by atoms with Gasteiger partial charge in [0.2, 0.25) is 11.7 Å². The molecule has 1 saturated heterocycles. The van der Waals surface area contributed by atoms with E-state index in [1.54, 1.807) is 21.3 Å². The predicted octanol–water partition coefficient (Wildman–Crippen LogP) is 2.41. The van der Waals surface area contributed by atoms with E-state index in [9.17, 15) is 4.79 Å². The smallest absolute Gasteiger partial charge is 0.223 e. The average molecular weight is 373 g/mol. The molecule has 1 aromatic rings. The molecule has 2 rings (SSSR count). The van der Waals surface area contributed by atoms with Crippen molar-refractivity contribution >= 4 is 18.3 Å². The van der Waals surface area contributed by atoms with Crippen LogP contribution in [0.1, 0.15) is 31.2 Å². The van der Waals surface area contributed by atoms with E-state index in [2.05, 4.69) is 0 Å². The van der Waals surface area contributed by atoms with Crippen molar-refractivity contribution < 1.29 is 19.0 Å². The third-order valence-corrected chi connectivity index (χ3v) is 4.61. The van der Waals surface area contributed by atoms with Crippen LogP contribution in [0.15, 0.2) is 12.1 Å². The standard InChI is InChI=1S/C18H28N2O4.ClH/c1-22-15-9-7-13(17(23-2)18(15)24-3)8-10-16(21)20-11-5-4-6-14(20)12-19;/h7,9,14H,4-6,8,10-12,19H2,1-3H3;1H. The molecular weight excluding hydrogens is 344 g/mol. The highest BCUT2D eigenvalue weighted by atomic mass is 35.5. The molecule has 2 N–H and O–H groups in total. The summed E-state index contributed by atoms with van der Waals surface area (Å²) >= 11 is 0. The number of piperidine rings is 1. The van der Waals surface area contributed by atoms with Gasteiger partial charge in [-0.05, 0) is 37.3 Å². The maximum atomic E-state index is 12.6. The fourth-order valence-corrected chi connectivity index (χ4v) is 3.32. The molecule has 0 radical (unpaired) electrons. The fourth-order valence-electron chi connectivity index (χ4n) is 3.32. The topological polar surface area (TPSA) is 74.0 Å². The second-order valence-corrected chi connectivity index (χ2v) is 5.97. The predicted molar refractivity (Wildman–Crippen MR) is 100 cm³/mol. The van der Waals surface area contributed by atoms with E-state index in [4.69, 9.17) is 19.9 Å². The number of rotatable bonds is 7. The average Bonchev–Trinajstić information content (AvgIpc) is 2.64. The molecule has 25 heavy (non-hydrogen) atoms. The second kappa shape index (κ2) is 10.4. The summed E-state index contributed by atoms with van der Waals surface area (Å²) in [5, 5.41) is 0. The number of hydrogen-bond donors (Lipinski definition) is 1. The Balaban J connectivity index is 0.00000312. The molecule has 1 amide bonds. The van der Waals surface area contributed by atoms with Crippen molar-refractivity contribution in [2.24, 2.45) is 5.73 Å². The maximum Gasteiger partial charge on any atom is 0.223 e. The number of methoxy groups -OCH3 is 3. The lowest BCUT2D eigenvalue weighted by molar-refractivity contribution is -0.134. The van der Waals surface area contributed by atoms with Gasteiger partial charge in [-0.15, -0.1) is 12.4 Å². The first-order valence-corrected chi connectivity index (χ1v) is 8.43. The Morgan fingerprint density at radius 1 is 1.16 bits per heavy atom. The lowest BCUT2D eigenvalue weighted by Crippen LogP contribution is -2.47. The van der Waals surface area contributed by atoms with Gasteiger partial charge in [-0.2, -0.15) is 0 Å². The zero-order valence-electron chi connectivity index (χ0n) is 15.2. The van der Waals surface area contributed by atoms with E-state index in [1.165, 1.54) is 0 Å². The van der Waals surface area contributed by atoms with Gasteiger partial charge in [-0.1, -0.05) is 6.07 Å². The number of amides is 1. The summed E-state index contributed by atoms with van der Waals surface area (Å²) in [6, 6.07) is 3.94. The first-order valence-electron chi connectivity index (χ1n) is 8.43. The molecule has 0 aromatic heterocycles. The number of benzene rings is 1. The highest BCUT2D eigenvalue weighted by molar-refractivity contribution is 5.85. The molecule has 0 spiro atoms. The highest BCUT2D eigenvalue weighted by Gasteiger charge is 2.25. The van der Waals surface area contributed by atoms with Gasteiger partial charge in [-0.25, -0.2) is 0 Å². The van der Waals surface area contributed by atoms with Gasteiger partial charge in [0.15, 0.2) is 11.5 Å². The van der Waals surface area contributed by atoms with E-state index in [1.807, 2.05) is 17.0 Å². The van der Waals surface area contributed by atoms with Gasteiger partial charge in [-0.3, -0.25) is 4.79 Å². The largest absolute Gasteiger partial charge is 0.493 e. The van der Waals surface area contributed by atoms with Crippen LogP contribution in [0, 0.1) is 0 Å². The SMILES string of the molecule is COc1ccc(CCC(=O)N2CCCCC2CN)c(OC)c1OC.Cl. The van der Waals surface area contributed by atoms with Crippen LogP contribution in [0.3, 0.4) is 0 Å². The minimum atomic E-state index is 0. The molecule has 1 aromatic carbocycles. The van der Waals surface area contributed by atoms with Crippen LogP contribution in [-0.2, 0) is 11.2 Å². The number of hydrogen-bond acceptors (Lipinski definition) is 5. The summed E-state index contributed by atoms with van der Waals surface area (Å²) in [5.41, 5.74) is 6.74. The first kappa shape index (κ1) is 21.4. The van der Waals surface area contributed by atoms with Crippen LogP contribution in [0.2, 0.25) is 0 Å². The summed E-state index contributed by atoms with van der Waals surface area (Å²) in [6.45, 7) is 1.34. The number of ether oxygens (including phenoxy) is 3. The van der Waals surface area contributed by atoms with Crippen molar-refractivity contribution in [1.29, 1.82) is 0 Å². The molecule has 1 unspecified atom stereocenters. The Morgan fingerprint density at radius 3 is 2.48 bits per heavy atom. The Morgan fingerprint density at radius 2 is 1.88 bits per heavy atom. The van der Waals surface area contributed by atoms with Gasteiger partial charge in [0.25, 0.3) is 0 Å².